The van der Waals surface area contributed by atoms with E-state index in [4.69, 9.17) is 21.1 Å². The van der Waals surface area contributed by atoms with E-state index in [0.717, 1.165) is 5.56 Å². The smallest absolute Gasteiger partial charge is 0.342 e. The molecule has 5 heteroatoms. The fourth-order valence-electron chi connectivity index (χ4n) is 2.47. The first-order valence-electron chi connectivity index (χ1n) is 7.69. The second kappa shape index (κ2) is 7.81. The summed E-state index contributed by atoms with van der Waals surface area (Å²) < 4.78 is 11.0. The molecular formula is C20H16ClNO3. The first-order chi connectivity index (χ1) is 12.2. The summed E-state index contributed by atoms with van der Waals surface area (Å²) in [5.74, 6) is -0.124. The van der Waals surface area contributed by atoms with E-state index in [1.54, 1.807) is 18.3 Å². The lowest BCUT2D eigenvalue weighted by atomic mass is 10.1. The summed E-state index contributed by atoms with van der Waals surface area (Å²) in [4.78, 5) is 17.1. The van der Waals surface area contributed by atoms with Gasteiger partial charge in [-0.15, -0.1) is 0 Å². The van der Waals surface area contributed by atoms with Crippen LogP contribution < -0.4 is 4.74 Å². The second-order valence-electron chi connectivity index (χ2n) is 5.30. The Morgan fingerprint density at radius 2 is 1.80 bits per heavy atom. The number of aromatic nitrogens is 1. The van der Waals surface area contributed by atoms with Crippen LogP contribution >= 0.6 is 11.6 Å². The number of hydrogen-bond donors (Lipinski definition) is 0. The Kier molecular flexibility index (Phi) is 5.31. The molecule has 3 rings (SSSR count). The van der Waals surface area contributed by atoms with Crippen molar-refractivity contribution in [2.45, 2.75) is 6.10 Å². The molecule has 0 fully saturated rings. The van der Waals surface area contributed by atoms with Gasteiger partial charge < -0.3 is 9.47 Å². The fourth-order valence-corrected chi connectivity index (χ4v) is 2.64. The quantitative estimate of drug-likeness (QED) is 0.624. The molecule has 0 radical (unpaired) electrons. The SMILES string of the molecule is COc1ccc(Cl)cc1C(=O)OC(c1ccccc1)c1ccccn1. The van der Waals surface area contributed by atoms with Crippen molar-refractivity contribution >= 4 is 17.6 Å². The van der Waals surface area contributed by atoms with Gasteiger partial charge >= 0.3 is 5.97 Å². The number of rotatable bonds is 5. The molecule has 0 bridgehead atoms. The van der Waals surface area contributed by atoms with Gasteiger partial charge in [-0.1, -0.05) is 48.0 Å². The highest BCUT2D eigenvalue weighted by molar-refractivity contribution is 6.31. The largest absolute Gasteiger partial charge is 0.496 e. The number of esters is 1. The van der Waals surface area contributed by atoms with Crippen molar-refractivity contribution in [1.82, 2.24) is 4.98 Å². The molecule has 4 nitrogen and oxygen atoms in total. The van der Waals surface area contributed by atoms with E-state index >= 15 is 0 Å². The minimum absolute atomic E-state index is 0.270. The molecule has 126 valence electrons. The van der Waals surface area contributed by atoms with E-state index in [1.807, 2.05) is 48.5 Å². The lowest BCUT2D eigenvalue weighted by Crippen LogP contribution is -2.15. The summed E-state index contributed by atoms with van der Waals surface area (Å²) in [6.45, 7) is 0. The molecule has 0 saturated carbocycles. The summed E-state index contributed by atoms with van der Waals surface area (Å²) in [7, 11) is 1.49. The number of carbonyl (C=O) groups is 1. The van der Waals surface area contributed by atoms with E-state index < -0.39 is 12.1 Å². The molecular weight excluding hydrogens is 338 g/mol. The highest BCUT2D eigenvalue weighted by Crippen LogP contribution is 2.29. The topological polar surface area (TPSA) is 48.4 Å². The number of nitrogens with zero attached hydrogens (tertiary/aromatic N) is 1. The molecule has 0 spiro atoms. The molecule has 25 heavy (non-hydrogen) atoms. The average molecular weight is 354 g/mol. The zero-order chi connectivity index (χ0) is 17.6. The van der Waals surface area contributed by atoms with Gasteiger partial charge in [-0.2, -0.15) is 0 Å². The van der Waals surface area contributed by atoms with Crippen LogP contribution in [0.25, 0.3) is 0 Å². The Labute approximate surface area is 151 Å². The maximum atomic E-state index is 12.7. The number of methoxy groups -OCH3 is 1. The Balaban J connectivity index is 1.96. The maximum absolute atomic E-state index is 12.7. The van der Waals surface area contributed by atoms with Gasteiger partial charge in [0.15, 0.2) is 6.10 Å². The zero-order valence-electron chi connectivity index (χ0n) is 13.6. The number of carbonyl (C=O) groups excluding carboxylic acids is 1. The molecule has 2 aromatic carbocycles. The van der Waals surface area contributed by atoms with Gasteiger partial charge in [-0.3, -0.25) is 4.98 Å². The third-order valence-corrected chi connectivity index (χ3v) is 3.90. The molecule has 1 atom stereocenters. The van der Waals surface area contributed by atoms with Crippen molar-refractivity contribution < 1.29 is 14.3 Å². The number of pyridine rings is 1. The van der Waals surface area contributed by atoms with Crippen LogP contribution in [0.2, 0.25) is 5.02 Å². The Morgan fingerprint density at radius 1 is 1.04 bits per heavy atom. The Morgan fingerprint density at radius 3 is 2.48 bits per heavy atom. The first kappa shape index (κ1) is 17.0. The monoisotopic (exact) mass is 353 g/mol. The molecule has 3 aromatic rings. The third-order valence-electron chi connectivity index (χ3n) is 3.67. The number of benzene rings is 2. The summed E-state index contributed by atoms with van der Waals surface area (Å²) in [5.41, 5.74) is 1.74. The molecule has 0 aliphatic carbocycles. The lowest BCUT2D eigenvalue weighted by Gasteiger charge is -2.18. The van der Waals surface area contributed by atoms with E-state index in [2.05, 4.69) is 4.98 Å². The van der Waals surface area contributed by atoms with Crippen LogP contribution in [-0.4, -0.2) is 18.1 Å². The third kappa shape index (κ3) is 3.98. The average Bonchev–Trinajstić information content (AvgIpc) is 2.67. The van der Waals surface area contributed by atoms with Crippen LogP contribution in [0, 0.1) is 0 Å². The van der Waals surface area contributed by atoms with Gasteiger partial charge in [0, 0.05) is 11.2 Å². The molecule has 1 unspecified atom stereocenters. The molecule has 0 N–H and O–H groups in total. The molecule has 1 aromatic heterocycles. The minimum Gasteiger partial charge on any atom is -0.496 e. The van der Waals surface area contributed by atoms with Crippen molar-refractivity contribution in [3.8, 4) is 5.75 Å². The summed E-state index contributed by atoms with van der Waals surface area (Å²) in [6.07, 6.45) is 1.04. The highest BCUT2D eigenvalue weighted by Gasteiger charge is 2.23. The maximum Gasteiger partial charge on any atom is 0.342 e. The summed E-state index contributed by atoms with van der Waals surface area (Å²) in [6, 6.07) is 19.8. The normalized spacial score (nSPS) is 11.6. The van der Waals surface area contributed by atoms with Crippen LogP contribution in [0.1, 0.15) is 27.7 Å². The van der Waals surface area contributed by atoms with Crippen LogP contribution in [0.5, 0.6) is 5.75 Å². The predicted octanol–water partition coefficient (Wildman–Crippen LogP) is 4.69. The van der Waals surface area contributed by atoms with Crippen molar-refractivity contribution in [3.63, 3.8) is 0 Å². The Bertz CT molecular complexity index is 814. The van der Waals surface area contributed by atoms with Gasteiger partial charge in [0.2, 0.25) is 0 Å². The van der Waals surface area contributed by atoms with E-state index in [1.165, 1.54) is 13.2 Å². The second-order valence-corrected chi connectivity index (χ2v) is 5.73. The molecule has 0 saturated heterocycles. The van der Waals surface area contributed by atoms with Gasteiger partial charge in [0.25, 0.3) is 0 Å². The van der Waals surface area contributed by atoms with Crippen LogP contribution in [0.4, 0.5) is 0 Å². The predicted molar refractivity (Wildman–Crippen MR) is 95.9 cm³/mol. The van der Waals surface area contributed by atoms with E-state index in [9.17, 15) is 4.79 Å². The van der Waals surface area contributed by atoms with Crippen molar-refractivity contribution in [2.24, 2.45) is 0 Å². The van der Waals surface area contributed by atoms with Crippen LogP contribution in [-0.2, 0) is 4.74 Å². The van der Waals surface area contributed by atoms with Gasteiger partial charge in [0.1, 0.15) is 11.3 Å². The first-order valence-corrected chi connectivity index (χ1v) is 8.07. The standard InChI is InChI=1S/C20H16ClNO3/c1-24-18-11-10-15(21)13-16(18)20(23)25-19(14-7-3-2-4-8-14)17-9-5-6-12-22-17/h2-13,19H,1H3. The molecule has 0 amide bonds. The van der Waals surface area contributed by atoms with E-state index in [0.29, 0.717) is 16.5 Å². The minimum atomic E-state index is -0.626. The van der Waals surface area contributed by atoms with Gasteiger partial charge in [0.05, 0.1) is 12.8 Å². The van der Waals surface area contributed by atoms with Crippen LogP contribution in [0.3, 0.4) is 0 Å². The van der Waals surface area contributed by atoms with Gasteiger partial charge in [-0.05, 0) is 35.9 Å². The van der Waals surface area contributed by atoms with Crippen molar-refractivity contribution in [2.75, 3.05) is 7.11 Å². The zero-order valence-corrected chi connectivity index (χ0v) is 14.3. The van der Waals surface area contributed by atoms with Gasteiger partial charge in [-0.25, -0.2) is 4.79 Å². The number of hydrogen-bond acceptors (Lipinski definition) is 4. The fraction of sp³-hybridized carbons (Fsp3) is 0.100. The van der Waals surface area contributed by atoms with Crippen molar-refractivity contribution in [3.05, 3.63) is 94.8 Å². The highest BCUT2D eigenvalue weighted by atomic mass is 35.5. The van der Waals surface area contributed by atoms with Crippen molar-refractivity contribution in [1.29, 1.82) is 0 Å². The molecule has 1 heterocycles. The summed E-state index contributed by atoms with van der Waals surface area (Å²) in [5, 5.41) is 0.432. The molecule has 0 aliphatic rings. The summed E-state index contributed by atoms with van der Waals surface area (Å²) >= 11 is 6.01. The van der Waals surface area contributed by atoms with E-state index in [-0.39, 0.29) is 5.56 Å². The number of ether oxygens (including phenoxy) is 2. The molecule has 0 aliphatic heterocycles. The number of halogens is 1. The Hall–Kier alpha value is -2.85. The van der Waals surface area contributed by atoms with Crippen LogP contribution in [0.15, 0.2) is 72.9 Å². The lowest BCUT2D eigenvalue weighted by molar-refractivity contribution is 0.0367.